The Hall–Kier alpha value is -2.75. The van der Waals surface area contributed by atoms with Crippen LogP contribution in [0.15, 0.2) is 57.6 Å². The molecule has 0 fully saturated rings. The molecule has 14 heteroatoms. The zero-order chi connectivity index (χ0) is 21.8. The van der Waals surface area contributed by atoms with Crippen LogP contribution in [0.2, 0.25) is 0 Å². The summed E-state index contributed by atoms with van der Waals surface area (Å²) < 4.78 is 59.3. The molecule has 0 bridgehead atoms. The Kier molecular flexibility index (Phi) is 4.72. The molecular weight excluding hydrogens is 460 g/mol. The molecule has 4 N–H and O–H groups in total. The SMILES string of the molecule is O=C1/C(=C2\Nc3ccc(S(=O)(=O)SOO)cc3C2=O)Nc2ccc(S(=O)(=O)O)cc21. The number of anilines is 2. The molecule has 0 spiro atoms. The first-order valence-electron chi connectivity index (χ1n) is 7.91. The number of allylic oxidation sites excluding steroid dienone is 2. The monoisotopic (exact) mass is 470 g/mol. The highest BCUT2D eigenvalue weighted by Crippen LogP contribution is 2.37. The van der Waals surface area contributed by atoms with E-state index >= 15 is 0 Å². The fraction of sp³-hybridized carbons (Fsp3) is 0. The second-order valence-corrected chi connectivity index (χ2v) is 11.0. The van der Waals surface area contributed by atoms with Crippen molar-refractivity contribution in [2.45, 2.75) is 9.79 Å². The molecule has 2 aromatic carbocycles. The highest BCUT2D eigenvalue weighted by molar-refractivity contribution is 8.70. The van der Waals surface area contributed by atoms with Gasteiger partial charge in [0.1, 0.15) is 11.4 Å². The molecule has 0 aliphatic carbocycles. The summed E-state index contributed by atoms with van der Waals surface area (Å²) in [5.41, 5.74) is 0.0939. The molecule has 0 saturated heterocycles. The molecule has 2 heterocycles. The Morgan fingerprint density at radius 1 is 0.800 bits per heavy atom. The maximum absolute atomic E-state index is 12.8. The minimum Gasteiger partial charge on any atom is -0.350 e. The van der Waals surface area contributed by atoms with Gasteiger partial charge in [-0.1, -0.05) is 0 Å². The summed E-state index contributed by atoms with van der Waals surface area (Å²) >= 11 is -0.197. The van der Waals surface area contributed by atoms with Gasteiger partial charge < -0.3 is 10.6 Å². The number of hydrogen-bond acceptors (Lipinski definition) is 11. The number of fused-ring (bicyclic) bond motifs is 2. The van der Waals surface area contributed by atoms with Crippen molar-refractivity contribution in [2.75, 3.05) is 10.6 Å². The third-order valence-electron chi connectivity index (χ3n) is 4.40. The normalized spacial score (nSPS) is 18.1. The van der Waals surface area contributed by atoms with Gasteiger partial charge in [0.15, 0.2) is 11.1 Å². The molecule has 4 rings (SSSR count). The number of benzene rings is 2. The zero-order valence-corrected chi connectivity index (χ0v) is 16.9. The van der Waals surface area contributed by atoms with Crippen molar-refractivity contribution in [3.8, 4) is 0 Å². The lowest BCUT2D eigenvalue weighted by atomic mass is 10.1. The fourth-order valence-electron chi connectivity index (χ4n) is 3.04. The highest BCUT2D eigenvalue weighted by Gasteiger charge is 2.36. The average Bonchev–Trinajstić information content (AvgIpc) is 3.17. The van der Waals surface area contributed by atoms with Gasteiger partial charge in [-0.2, -0.15) is 8.42 Å². The van der Waals surface area contributed by atoms with Crippen LogP contribution in [0, 0.1) is 0 Å². The van der Waals surface area contributed by atoms with Crippen LogP contribution in [-0.2, 0) is 23.3 Å². The van der Waals surface area contributed by atoms with Crippen LogP contribution in [0.3, 0.4) is 0 Å². The van der Waals surface area contributed by atoms with Gasteiger partial charge in [0.05, 0.1) is 21.2 Å². The predicted octanol–water partition coefficient (Wildman–Crippen LogP) is 1.89. The van der Waals surface area contributed by atoms with E-state index in [4.69, 9.17) is 9.81 Å². The number of carbonyl (C=O) groups excluding carboxylic acids is 2. The summed E-state index contributed by atoms with van der Waals surface area (Å²) in [5, 5.41) is 13.9. The Balaban J connectivity index is 1.74. The summed E-state index contributed by atoms with van der Waals surface area (Å²) in [6.45, 7) is 0. The second-order valence-electron chi connectivity index (χ2n) is 6.14. The van der Waals surface area contributed by atoms with Gasteiger partial charge in [-0.15, -0.1) is 4.33 Å². The van der Waals surface area contributed by atoms with Crippen LogP contribution in [0.1, 0.15) is 20.7 Å². The molecule has 0 saturated carbocycles. The third kappa shape index (κ3) is 3.28. The molecule has 0 amide bonds. The van der Waals surface area contributed by atoms with Crippen molar-refractivity contribution in [1.82, 2.24) is 0 Å². The van der Waals surface area contributed by atoms with Crippen molar-refractivity contribution in [3.63, 3.8) is 0 Å². The smallest absolute Gasteiger partial charge is 0.294 e. The van der Waals surface area contributed by atoms with Crippen molar-refractivity contribution in [3.05, 3.63) is 58.9 Å². The lowest BCUT2D eigenvalue weighted by molar-refractivity contribution is -0.114. The maximum atomic E-state index is 12.8. The predicted molar refractivity (Wildman–Crippen MR) is 104 cm³/mol. The molecule has 2 aromatic rings. The molecule has 2 aliphatic heterocycles. The van der Waals surface area contributed by atoms with Crippen LogP contribution >= 0.6 is 11.1 Å². The van der Waals surface area contributed by atoms with Gasteiger partial charge >= 0.3 is 0 Å². The van der Waals surface area contributed by atoms with Gasteiger partial charge in [-0.05, 0) is 36.4 Å². The molecular formula is C16H10N2O9S3. The van der Waals surface area contributed by atoms with Crippen LogP contribution in [0.4, 0.5) is 11.4 Å². The van der Waals surface area contributed by atoms with E-state index in [1.165, 1.54) is 18.2 Å². The first-order chi connectivity index (χ1) is 14.0. The summed E-state index contributed by atoms with van der Waals surface area (Å²) in [5.74, 6) is -1.35. The second kappa shape index (κ2) is 6.90. The Morgan fingerprint density at radius 2 is 1.27 bits per heavy atom. The van der Waals surface area contributed by atoms with Crippen molar-refractivity contribution in [1.29, 1.82) is 0 Å². The van der Waals surface area contributed by atoms with Crippen LogP contribution in [0.25, 0.3) is 0 Å². The van der Waals surface area contributed by atoms with E-state index in [1.807, 2.05) is 0 Å². The summed E-state index contributed by atoms with van der Waals surface area (Å²) in [7, 11) is -8.61. The Morgan fingerprint density at radius 3 is 1.73 bits per heavy atom. The van der Waals surface area contributed by atoms with Crippen molar-refractivity contribution >= 4 is 53.0 Å². The molecule has 0 radical (unpaired) electrons. The molecule has 0 unspecified atom stereocenters. The van der Waals surface area contributed by atoms with E-state index in [0.29, 0.717) is 0 Å². The minimum atomic E-state index is -4.53. The quantitative estimate of drug-likeness (QED) is 0.128. The maximum Gasteiger partial charge on any atom is 0.294 e. The first kappa shape index (κ1) is 20.5. The van der Waals surface area contributed by atoms with Crippen LogP contribution in [-0.4, -0.2) is 38.2 Å². The number of hydrogen-bond donors (Lipinski definition) is 4. The van der Waals surface area contributed by atoms with Gasteiger partial charge in [0.25, 0.3) is 19.0 Å². The number of Topliss-reactive ketones (excluding diaryl/α,β-unsaturated/α-hetero) is 2. The van der Waals surface area contributed by atoms with E-state index in [0.717, 1.165) is 18.2 Å². The van der Waals surface area contributed by atoms with E-state index in [2.05, 4.69) is 15.0 Å². The lowest BCUT2D eigenvalue weighted by Crippen LogP contribution is -2.13. The van der Waals surface area contributed by atoms with Crippen molar-refractivity contribution in [2.24, 2.45) is 0 Å². The number of rotatable bonds is 4. The van der Waals surface area contributed by atoms with E-state index < -0.39 is 35.4 Å². The average molecular weight is 470 g/mol. The molecule has 2 aliphatic rings. The first-order valence-corrected chi connectivity index (χ1v) is 12.1. The van der Waals surface area contributed by atoms with Gasteiger partial charge in [-0.25, -0.2) is 13.7 Å². The Labute approximate surface area is 172 Å². The largest absolute Gasteiger partial charge is 0.350 e. The Bertz CT molecular complexity index is 1380. The van der Waals surface area contributed by atoms with E-state index in [-0.39, 0.29) is 49.9 Å². The van der Waals surface area contributed by atoms with Crippen LogP contribution < -0.4 is 10.6 Å². The van der Waals surface area contributed by atoms with Gasteiger partial charge in [-0.3, -0.25) is 14.1 Å². The van der Waals surface area contributed by atoms with Crippen LogP contribution in [0.5, 0.6) is 0 Å². The highest BCUT2D eigenvalue weighted by atomic mass is 33.1. The van der Waals surface area contributed by atoms with Gasteiger partial charge in [0, 0.05) is 11.1 Å². The third-order valence-corrected chi connectivity index (χ3v) is 7.62. The summed E-state index contributed by atoms with van der Waals surface area (Å²) in [4.78, 5) is 24.8. The molecule has 30 heavy (non-hydrogen) atoms. The van der Waals surface area contributed by atoms with E-state index in [9.17, 15) is 26.4 Å². The molecule has 0 atom stereocenters. The van der Waals surface area contributed by atoms with E-state index in [1.54, 1.807) is 0 Å². The molecule has 156 valence electrons. The molecule has 11 nitrogen and oxygen atoms in total. The number of carbonyl (C=O) groups is 2. The fourth-order valence-corrected chi connectivity index (χ4v) is 4.99. The summed E-state index contributed by atoms with van der Waals surface area (Å²) in [6.07, 6.45) is 0. The van der Waals surface area contributed by atoms with Gasteiger partial charge in [0.2, 0.25) is 11.6 Å². The standard InChI is InChI=1S/C16H10N2O9S3/c19-15-9-5-7(29(22,23)24)1-3-11(9)17-13(15)14-16(20)10-6-8(2-4-12(10)18-14)30(25,26)28-27-21/h1-6,17-18,21H,(H,22,23,24)/b14-13+. The zero-order valence-electron chi connectivity index (χ0n) is 14.4. The number of ketones is 2. The lowest BCUT2D eigenvalue weighted by Gasteiger charge is -2.04. The van der Waals surface area contributed by atoms with Crippen molar-refractivity contribution < 1.29 is 40.6 Å². The number of nitrogens with one attached hydrogen (secondary N) is 2. The molecule has 0 aromatic heterocycles. The summed E-state index contributed by atoms with van der Waals surface area (Å²) in [6, 6.07) is 6.92. The topological polar surface area (TPSA) is 176 Å². The minimum absolute atomic E-state index is 0.0266.